The van der Waals surface area contributed by atoms with Crippen molar-refractivity contribution in [3.63, 3.8) is 0 Å². The summed E-state index contributed by atoms with van der Waals surface area (Å²) < 4.78 is 97.2. The smallest absolute Gasteiger partial charge is 0.186 e. The van der Waals surface area contributed by atoms with E-state index in [1.165, 1.54) is 23.5 Å². The summed E-state index contributed by atoms with van der Waals surface area (Å²) in [5.74, 6) is -10.5. The molecule has 10 heteroatoms. The molecule has 0 saturated carbocycles. The van der Waals surface area contributed by atoms with Crippen LogP contribution >= 0.6 is 23.5 Å². The monoisotopic (exact) mass is 630 g/mol. The van der Waals surface area contributed by atoms with Gasteiger partial charge in [0.1, 0.15) is 11.4 Å². The third kappa shape index (κ3) is 3.74. The molecule has 6 aromatic rings. The number of benzene rings is 6. The van der Waals surface area contributed by atoms with Crippen LogP contribution in [0, 0.1) is 34.9 Å². The summed E-state index contributed by atoms with van der Waals surface area (Å²) in [6, 6.07) is 26.8. The molecule has 2 nitrogen and oxygen atoms in total. The fraction of sp³-hybridized carbons (Fsp3) is 0. The van der Waals surface area contributed by atoms with Gasteiger partial charge >= 0.3 is 0 Å². The lowest BCUT2D eigenvalue weighted by molar-refractivity contribution is 0.481. The Labute approximate surface area is 255 Å². The van der Waals surface area contributed by atoms with E-state index in [-0.39, 0.29) is 0 Å². The highest BCUT2D eigenvalue weighted by Crippen LogP contribution is 2.56. The van der Waals surface area contributed by atoms with E-state index in [1.54, 1.807) is 97.1 Å². The normalized spacial score (nSPS) is 13.4. The summed E-state index contributed by atoms with van der Waals surface area (Å²) in [6.45, 7) is 0. The number of rotatable bonds is 2. The average Bonchev–Trinajstić information content (AvgIpc) is 3.04. The quantitative estimate of drug-likeness (QED) is 0.138. The molecule has 2 heterocycles. The first-order valence-electron chi connectivity index (χ1n) is 13.4. The largest absolute Gasteiger partial charge is 0.303 e. The lowest BCUT2D eigenvalue weighted by Gasteiger charge is -2.34. The van der Waals surface area contributed by atoms with Gasteiger partial charge in [-0.15, -0.1) is 0 Å². The summed E-state index contributed by atoms with van der Waals surface area (Å²) in [7, 11) is 0. The van der Waals surface area contributed by atoms with Crippen molar-refractivity contribution >= 4 is 68.4 Å². The second-order valence-corrected chi connectivity index (χ2v) is 12.2. The van der Waals surface area contributed by atoms with E-state index in [4.69, 9.17) is 0 Å². The average molecular weight is 631 g/mol. The second-order valence-electron chi connectivity index (χ2n) is 10.1. The molecule has 0 bridgehead atoms. The van der Waals surface area contributed by atoms with Crippen molar-refractivity contribution in [1.82, 2.24) is 0 Å². The lowest BCUT2D eigenvalue weighted by atomic mass is 10.0. The highest BCUT2D eigenvalue weighted by Gasteiger charge is 2.38. The Morgan fingerprint density at radius 1 is 0.341 bits per heavy atom. The predicted octanol–water partition coefficient (Wildman–Crippen LogP) is 11.5. The molecular weight excluding hydrogens is 615 g/mol. The molecule has 8 rings (SSSR count). The topological polar surface area (TPSA) is 6.48 Å². The van der Waals surface area contributed by atoms with Gasteiger partial charge in [-0.3, -0.25) is 0 Å². The highest BCUT2D eigenvalue weighted by atomic mass is 32.2. The van der Waals surface area contributed by atoms with Crippen LogP contribution in [0.15, 0.2) is 117 Å². The van der Waals surface area contributed by atoms with Crippen molar-refractivity contribution in [2.75, 3.05) is 9.80 Å². The van der Waals surface area contributed by atoms with Crippen molar-refractivity contribution < 1.29 is 26.3 Å². The van der Waals surface area contributed by atoms with Crippen LogP contribution in [0.3, 0.4) is 0 Å². The SMILES string of the molecule is Fc1c(N2c3ccccc3Sc3ccccc32)c(F)c2c(F)c(N3c4ccccc4Sc4ccccc43)c(F)c(F)c2c1F. The molecule has 0 spiro atoms. The number of para-hydroxylation sites is 4. The van der Waals surface area contributed by atoms with Gasteiger partial charge in [0.15, 0.2) is 34.9 Å². The van der Waals surface area contributed by atoms with Gasteiger partial charge in [0.2, 0.25) is 0 Å². The number of fused-ring (bicyclic) bond motifs is 5. The molecule has 44 heavy (non-hydrogen) atoms. The fourth-order valence-electron chi connectivity index (χ4n) is 5.77. The van der Waals surface area contributed by atoms with Gasteiger partial charge in [0.25, 0.3) is 0 Å². The van der Waals surface area contributed by atoms with E-state index >= 15 is 26.3 Å². The van der Waals surface area contributed by atoms with Gasteiger partial charge < -0.3 is 9.80 Å². The molecule has 0 radical (unpaired) electrons. The highest BCUT2D eigenvalue weighted by molar-refractivity contribution is 8.00. The maximum atomic E-state index is 16.8. The number of anilines is 6. The predicted molar refractivity (Wildman–Crippen MR) is 161 cm³/mol. The Morgan fingerprint density at radius 2 is 0.614 bits per heavy atom. The molecule has 0 atom stereocenters. The minimum Gasteiger partial charge on any atom is -0.303 e. The van der Waals surface area contributed by atoms with Crippen LogP contribution in [0.25, 0.3) is 10.8 Å². The summed E-state index contributed by atoms with van der Waals surface area (Å²) in [6.07, 6.45) is 0. The standard InChI is InChI=1S/C34H16F6N2S2/c35-27-25-26(29(37)33(31(27)39)41-17-9-1-5-13-21(17)43-22-14-6-2-10-18(22)41)30(38)34(32(40)28(25)36)42-19-11-3-7-15-23(19)44-24-16-8-4-12-20(24)42/h1-16H. The summed E-state index contributed by atoms with van der Waals surface area (Å²) in [4.78, 5) is 4.73. The molecule has 0 aliphatic carbocycles. The molecule has 0 unspecified atom stereocenters. The third-order valence-electron chi connectivity index (χ3n) is 7.66. The van der Waals surface area contributed by atoms with Crippen molar-refractivity contribution in [2.45, 2.75) is 19.6 Å². The first-order chi connectivity index (χ1) is 21.4. The number of halogens is 6. The third-order valence-corrected chi connectivity index (χ3v) is 9.92. The molecule has 0 saturated heterocycles. The van der Waals surface area contributed by atoms with E-state index in [0.717, 1.165) is 9.80 Å². The molecule has 216 valence electrons. The van der Waals surface area contributed by atoms with E-state index in [9.17, 15) is 0 Å². The Bertz CT molecular complexity index is 1950. The molecule has 0 fully saturated rings. The maximum Gasteiger partial charge on any atom is 0.186 e. The first-order valence-corrected chi connectivity index (χ1v) is 15.0. The second kappa shape index (κ2) is 10.0. The van der Waals surface area contributed by atoms with Gasteiger partial charge in [-0.25, -0.2) is 26.3 Å². The molecule has 0 amide bonds. The minimum absolute atomic E-state index is 0.312. The van der Waals surface area contributed by atoms with Crippen LogP contribution in [-0.2, 0) is 0 Å². The van der Waals surface area contributed by atoms with Crippen LogP contribution in [0.5, 0.6) is 0 Å². The van der Waals surface area contributed by atoms with Crippen LogP contribution in [0.2, 0.25) is 0 Å². The van der Waals surface area contributed by atoms with Crippen LogP contribution in [0.1, 0.15) is 0 Å². The van der Waals surface area contributed by atoms with Gasteiger partial charge in [0.05, 0.1) is 33.5 Å². The summed E-state index contributed by atoms with van der Waals surface area (Å²) in [5.41, 5.74) is -0.639. The Morgan fingerprint density at radius 3 is 0.932 bits per heavy atom. The van der Waals surface area contributed by atoms with Crippen molar-refractivity contribution in [3.05, 3.63) is 132 Å². The van der Waals surface area contributed by atoms with Gasteiger partial charge in [-0.2, -0.15) is 0 Å². The first kappa shape index (κ1) is 27.0. The summed E-state index contributed by atoms with van der Waals surface area (Å²) >= 11 is 2.69. The number of nitrogens with zero attached hydrogens (tertiary/aromatic N) is 2. The molecule has 2 aliphatic rings. The van der Waals surface area contributed by atoms with Gasteiger partial charge in [-0.1, -0.05) is 72.1 Å². The minimum atomic E-state index is -1.90. The molecule has 6 aromatic carbocycles. The van der Waals surface area contributed by atoms with Crippen molar-refractivity contribution in [1.29, 1.82) is 0 Å². The lowest BCUT2D eigenvalue weighted by Crippen LogP contribution is -2.21. The number of hydrogen-bond acceptors (Lipinski definition) is 4. The Kier molecular flexibility index (Phi) is 6.15. The van der Waals surface area contributed by atoms with Gasteiger partial charge in [-0.05, 0) is 48.5 Å². The van der Waals surface area contributed by atoms with Crippen molar-refractivity contribution in [2.24, 2.45) is 0 Å². The van der Waals surface area contributed by atoms with E-state index in [2.05, 4.69) is 0 Å². The van der Waals surface area contributed by atoms with Gasteiger partial charge in [0, 0.05) is 19.6 Å². The number of hydrogen-bond donors (Lipinski definition) is 0. The zero-order valence-electron chi connectivity index (χ0n) is 22.2. The van der Waals surface area contributed by atoms with Crippen LogP contribution in [-0.4, -0.2) is 0 Å². The summed E-state index contributed by atoms with van der Waals surface area (Å²) in [5, 5.41) is -2.64. The Balaban J connectivity index is 1.47. The van der Waals surface area contributed by atoms with E-state index in [1.807, 2.05) is 0 Å². The Hall–Kier alpha value is -4.54. The van der Waals surface area contributed by atoms with E-state index < -0.39 is 57.1 Å². The molecule has 0 N–H and O–H groups in total. The maximum absolute atomic E-state index is 16.8. The van der Waals surface area contributed by atoms with E-state index in [0.29, 0.717) is 42.3 Å². The van der Waals surface area contributed by atoms with Crippen molar-refractivity contribution in [3.8, 4) is 0 Å². The molecule has 2 aliphatic heterocycles. The zero-order valence-corrected chi connectivity index (χ0v) is 23.8. The molecular formula is C34H16F6N2S2. The van der Waals surface area contributed by atoms with Crippen LogP contribution in [0.4, 0.5) is 60.5 Å². The van der Waals surface area contributed by atoms with Crippen LogP contribution < -0.4 is 9.80 Å². The fourth-order valence-corrected chi connectivity index (χ4v) is 7.89. The zero-order chi connectivity index (χ0) is 30.3. The molecule has 0 aromatic heterocycles.